The van der Waals surface area contributed by atoms with Crippen molar-refractivity contribution in [3.05, 3.63) is 29.8 Å². The number of carbonyl (C=O) groups is 2. The number of hydrogen-bond donors (Lipinski definition) is 0. The van der Waals surface area contributed by atoms with E-state index in [1.54, 1.807) is 0 Å². The van der Waals surface area contributed by atoms with Gasteiger partial charge in [0.25, 0.3) is 5.91 Å². The molecule has 2 rings (SSSR count). The van der Waals surface area contributed by atoms with E-state index in [2.05, 4.69) is 0 Å². The predicted octanol–water partition coefficient (Wildman–Crippen LogP) is 2.95. The molecule has 0 aromatic heterocycles. The molecule has 0 radical (unpaired) electrons. The molecule has 5 nitrogen and oxygen atoms in total. The number of benzene rings is 1. The van der Waals surface area contributed by atoms with E-state index in [1.165, 1.54) is 0 Å². The fraction of sp³-hybridized carbons (Fsp3) is 0.579. The summed E-state index contributed by atoms with van der Waals surface area (Å²) in [6, 6.07) is 7.71. The van der Waals surface area contributed by atoms with Crippen molar-refractivity contribution in [2.45, 2.75) is 46.1 Å². The van der Waals surface area contributed by atoms with E-state index in [4.69, 9.17) is 9.47 Å². The highest BCUT2D eigenvalue weighted by Crippen LogP contribution is 2.23. The number of amides is 1. The number of esters is 1. The van der Waals surface area contributed by atoms with Crippen LogP contribution in [0.2, 0.25) is 0 Å². The fourth-order valence-electron chi connectivity index (χ4n) is 2.95. The Morgan fingerprint density at radius 2 is 1.88 bits per heavy atom. The number of carbonyl (C=O) groups excluding carboxylic acids is 2. The van der Waals surface area contributed by atoms with Crippen molar-refractivity contribution in [2.75, 3.05) is 19.7 Å². The zero-order valence-corrected chi connectivity index (χ0v) is 14.8. The van der Waals surface area contributed by atoms with E-state index in [1.807, 2.05) is 49.9 Å². The second kappa shape index (κ2) is 8.71. The Kier molecular flexibility index (Phi) is 6.64. The third-order valence-corrected chi connectivity index (χ3v) is 4.44. The Balaban J connectivity index is 1.93. The van der Waals surface area contributed by atoms with Crippen molar-refractivity contribution in [3.63, 3.8) is 0 Å². The Bertz CT molecular complexity index is 564. The van der Waals surface area contributed by atoms with Crippen LogP contribution in [0.25, 0.3) is 0 Å². The van der Waals surface area contributed by atoms with Crippen molar-refractivity contribution >= 4 is 11.9 Å². The molecule has 1 aromatic carbocycles. The number of ether oxygens (including phenoxy) is 2. The van der Waals surface area contributed by atoms with E-state index in [0.717, 1.165) is 11.3 Å². The highest BCUT2D eigenvalue weighted by atomic mass is 16.5. The third kappa shape index (κ3) is 4.49. The summed E-state index contributed by atoms with van der Waals surface area (Å²) >= 11 is 0. The maximum absolute atomic E-state index is 12.7. The number of aryl methyl sites for hydroxylation is 1. The first kappa shape index (κ1) is 18.3. The largest absolute Gasteiger partial charge is 0.480 e. The van der Waals surface area contributed by atoms with Crippen molar-refractivity contribution < 1.29 is 19.1 Å². The molecule has 132 valence electrons. The van der Waals surface area contributed by atoms with Crippen molar-refractivity contribution in [2.24, 2.45) is 5.92 Å². The van der Waals surface area contributed by atoms with Gasteiger partial charge in [-0.2, -0.15) is 0 Å². The number of rotatable bonds is 6. The summed E-state index contributed by atoms with van der Waals surface area (Å²) in [5.41, 5.74) is 1.02. The topological polar surface area (TPSA) is 55.8 Å². The summed E-state index contributed by atoms with van der Waals surface area (Å²) < 4.78 is 11.0. The van der Waals surface area contributed by atoms with Crippen LogP contribution in [0.4, 0.5) is 0 Å². The van der Waals surface area contributed by atoms with E-state index in [9.17, 15) is 9.59 Å². The lowest BCUT2D eigenvalue weighted by atomic mass is 9.96. The van der Waals surface area contributed by atoms with Gasteiger partial charge in [-0.1, -0.05) is 25.1 Å². The van der Waals surface area contributed by atoms with Crippen molar-refractivity contribution in [1.82, 2.24) is 4.90 Å². The molecule has 1 aromatic rings. The molecule has 1 saturated heterocycles. The quantitative estimate of drug-likeness (QED) is 0.751. The Morgan fingerprint density at radius 1 is 1.21 bits per heavy atom. The second-order valence-electron chi connectivity index (χ2n) is 6.13. The summed E-state index contributed by atoms with van der Waals surface area (Å²) in [5, 5.41) is 0. The molecule has 0 aliphatic carbocycles. The van der Waals surface area contributed by atoms with Crippen LogP contribution in [0.1, 0.15) is 38.7 Å². The van der Waals surface area contributed by atoms with Crippen LogP contribution in [0.3, 0.4) is 0 Å². The minimum atomic E-state index is -0.481. The van der Waals surface area contributed by atoms with Gasteiger partial charge < -0.3 is 14.4 Å². The van der Waals surface area contributed by atoms with Gasteiger partial charge in [-0.25, -0.2) is 0 Å². The number of piperidine rings is 1. The first-order valence-corrected chi connectivity index (χ1v) is 8.74. The van der Waals surface area contributed by atoms with Crippen LogP contribution >= 0.6 is 0 Å². The molecule has 1 aliphatic rings. The number of likely N-dealkylation sites (tertiary alicyclic amines) is 1. The van der Waals surface area contributed by atoms with Crippen LogP contribution in [0.5, 0.6) is 5.75 Å². The van der Waals surface area contributed by atoms with Crippen LogP contribution < -0.4 is 4.74 Å². The number of hydrogen-bond acceptors (Lipinski definition) is 4. The van der Waals surface area contributed by atoms with Crippen LogP contribution in [-0.2, 0) is 14.3 Å². The summed E-state index contributed by atoms with van der Waals surface area (Å²) in [4.78, 5) is 26.3. The van der Waals surface area contributed by atoms with Gasteiger partial charge in [0.05, 0.1) is 12.5 Å². The lowest BCUT2D eigenvalue weighted by Gasteiger charge is -2.33. The van der Waals surface area contributed by atoms with Crippen molar-refractivity contribution in [1.29, 1.82) is 0 Å². The van der Waals surface area contributed by atoms with Gasteiger partial charge in [0.15, 0.2) is 6.10 Å². The smallest absolute Gasteiger partial charge is 0.309 e. The standard InChI is InChI=1S/C19H27NO4/c1-4-16(24-17-9-7-6-8-14(17)3)18(21)20-12-10-15(11-13-20)19(22)23-5-2/h6-9,15-16H,4-5,10-13H2,1-3H3. The minimum Gasteiger partial charge on any atom is -0.480 e. The first-order chi connectivity index (χ1) is 11.6. The lowest BCUT2D eigenvalue weighted by Crippen LogP contribution is -2.46. The maximum atomic E-state index is 12.7. The zero-order chi connectivity index (χ0) is 17.5. The summed E-state index contributed by atoms with van der Waals surface area (Å²) in [6.07, 6.45) is 1.45. The lowest BCUT2D eigenvalue weighted by molar-refractivity contribution is -0.152. The molecule has 0 N–H and O–H groups in total. The molecule has 1 unspecified atom stereocenters. The maximum Gasteiger partial charge on any atom is 0.309 e. The molecule has 5 heteroatoms. The highest BCUT2D eigenvalue weighted by Gasteiger charge is 2.31. The normalized spacial score (nSPS) is 16.5. The molecular weight excluding hydrogens is 306 g/mol. The molecule has 1 amide bonds. The zero-order valence-electron chi connectivity index (χ0n) is 14.8. The van der Waals surface area contributed by atoms with Gasteiger partial charge in [-0.3, -0.25) is 9.59 Å². The van der Waals surface area contributed by atoms with E-state index < -0.39 is 6.10 Å². The first-order valence-electron chi connectivity index (χ1n) is 8.74. The number of nitrogens with zero attached hydrogens (tertiary/aromatic N) is 1. The van der Waals surface area contributed by atoms with Gasteiger partial charge >= 0.3 is 5.97 Å². The molecule has 1 atom stereocenters. The van der Waals surface area contributed by atoms with Crippen LogP contribution in [0.15, 0.2) is 24.3 Å². The Labute approximate surface area is 143 Å². The highest BCUT2D eigenvalue weighted by molar-refractivity contribution is 5.82. The molecule has 0 bridgehead atoms. The van der Waals surface area contributed by atoms with Gasteiger partial charge in [0, 0.05) is 13.1 Å². The molecule has 1 heterocycles. The summed E-state index contributed by atoms with van der Waals surface area (Å²) in [6.45, 7) is 7.29. The van der Waals surface area contributed by atoms with Crippen molar-refractivity contribution in [3.8, 4) is 5.75 Å². The van der Waals surface area contributed by atoms with E-state index >= 15 is 0 Å². The van der Waals surface area contributed by atoms with Gasteiger partial charge in [-0.15, -0.1) is 0 Å². The fourth-order valence-corrected chi connectivity index (χ4v) is 2.95. The molecule has 0 spiro atoms. The Hall–Kier alpha value is -2.04. The average molecular weight is 333 g/mol. The van der Waals surface area contributed by atoms with E-state index in [-0.39, 0.29) is 17.8 Å². The monoisotopic (exact) mass is 333 g/mol. The molecule has 0 saturated carbocycles. The predicted molar refractivity (Wildman–Crippen MR) is 91.8 cm³/mol. The van der Waals surface area contributed by atoms with Gasteiger partial charge in [0.2, 0.25) is 0 Å². The molecular formula is C19H27NO4. The molecule has 1 fully saturated rings. The molecule has 24 heavy (non-hydrogen) atoms. The summed E-state index contributed by atoms with van der Waals surface area (Å²) in [7, 11) is 0. The summed E-state index contributed by atoms with van der Waals surface area (Å²) in [5.74, 6) is 0.515. The van der Waals surface area contributed by atoms with Gasteiger partial charge in [-0.05, 0) is 44.7 Å². The van der Waals surface area contributed by atoms with Crippen LogP contribution in [0, 0.1) is 12.8 Å². The third-order valence-electron chi connectivity index (χ3n) is 4.44. The second-order valence-corrected chi connectivity index (χ2v) is 6.13. The average Bonchev–Trinajstić information content (AvgIpc) is 2.61. The molecule has 1 aliphatic heterocycles. The SMILES string of the molecule is CCOC(=O)C1CCN(C(=O)C(CC)Oc2ccccc2C)CC1. The Morgan fingerprint density at radius 3 is 2.46 bits per heavy atom. The minimum absolute atomic E-state index is 0.00284. The van der Waals surface area contributed by atoms with E-state index in [0.29, 0.717) is 39.0 Å². The van der Waals surface area contributed by atoms with Gasteiger partial charge in [0.1, 0.15) is 5.75 Å². The number of para-hydroxylation sites is 1. The van der Waals surface area contributed by atoms with Crippen LogP contribution in [-0.4, -0.2) is 42.6 Å².